The Morgan fingerprint density at radius 3 is 2.05 bits per heavy atom. The molecule has 2 rings (SSSR count). The fraction of sp³-hybridized carbons (Fsp3) is 0.235. The summed E-state index contributed by atoms with van der Waals surface area (Å²) in [6.07, 6.45) is 1.96. The normalized spacial score (nSPS) is 10.2. The van der Waals surface area contributed by atoms with Crippen LogP contribution >= 0.6 is 0 Å². The van der Waals surface area contributed by atoms with Crippen LogP contribution < -0.4 is 0 Å². The van der Waals surface area contributed by atoms with Gasteiger partial charge in [0.05, 0.1) is 6.54 Å². The lowest BCUT2D eigenvalue weighted by Gasteiger charge is -2.14. The molecule has 0 heterocycles. The van der Waals surface area contributed by atoms with Gasteiger partial charge in [0, 0.05) is 6.42 Å². The number of hydroxylamine groups is 2. The molecule has 0 radical (unpaired) electrons. The van der Waals surface area contributed by atoms with E-state index in [2.05, 4.69) is 0 Å². The van der Waals surface area contributed by atoms with Crippen molar-refractivity contribution >= 4 is 5.91 Å². The number of carbonyl (C=O) groups is 1. The Kier molecular flexibility index (Phi) is 5.33. The number of nitrogens with zero attached hydrogens (tertiary/aromatic N) is 1. The summed E-state index contributed by atoms with van der Waals surface area (Å²) >= 11 is 0. The van der Waals surface area contributed by atoms with Crippen LogP contribution in [0.15, 0.2) is 60.7 Å². The van der Waals surface area contributed by atoms with Crippen molar-refractivity contribution in [2.75, 3.05) is 0 Å². The van der Waals surface area contributed by atoms with Crippen molar-refractivity contribution in [3.8, 4) is 0 Å². The average molecular weight is 269 g/mol. The zero-order valence-electron chi connectivity index (χ0n) is 11.4. The van der Waals surface area contributed by atoms with Gasteiger partial charge in [0.2, 0.25) is 5.91 Å². The SMILES string of the molecule is O=C(CCCc1ccccc1)N(O)Cc1ccccc1. The molecule has 1 N–H and O–H groups in total. The predicted octanol–water partition coefficient (Wildman–Crippen LogP) is 3.43. The number of rotatable bonds is 6. The molecule has 3 heteroatoms. The summed E-state index contributed by atoms with van der Waals surface area (Å²) in [6.45, 7) is 0.241. The molecule has 0 aromatic heterocycles. The number of hydrogen-bond acceptors (Lipinski definition) is 2. The number of carbonyl (C=O) groups excluding carboxylic acids is 1. The Labute approximate surface area is 119 Å². The highest BCUT2D eigenvalue weighted by molar-refractivity contribution is 5.74. The van der Waals surface area contributed by atoms with Gasteiger partial charge in [0.1, 0.15) is 0 Å². The van der Waals surface area contributed by atoms with Gasteiger partial charge in [0.25, 0.3) is 0 Å². The second-order valence-corrected chi connectivity index (χ2v) is 4.78. The maximum Gasteiger partial charge on any atom is 0.246 e. The predicted molar refractivity (Wildman–Crippen MR) is 78.2 cm³/mol. The summed E-state index contributed by atoms with van der Waals surface area (Å²) in [7, 11) is 0. The highest BCUT2D eigenvalue weighted by atomic mass is 16.5. The minimum absolute atomic E-state index is 0.232. The van der Waals surface area contributed by atoms with Gasteiger partial charge in [-0.2, -0.15) is 0 Å². The Bertz CT molecular complexity index is 525. The minimum Gasteiger partial charge on any atom is -0.286 e. The molecule has 0 saturated heterocycles. The van der Waals surface area contributed by atoms with Crippen LogP contribution in [-0.2, 0) is 17.8 Å². The van der Waals surface area contributed by atoms with Crippen LogP contribution in [0.4, 0.5) is 0 Å². The van der Waals surface area contributed by atoms with Gasteiger partial charge >= 0.3 is 0 Å². The van der Waals surface area contributed by atoms with E-state index in [9.17, 15) is 10.0 Å². The molecule has 0 aliphatic carbocycles. The minimum atomic E-state index is -0.232. The number of benzene rings is 2. The molecule has 0 saturated carbocycles. The van der Waals surface area contributed by atoms with Crippen LogP contribution in [0.5, 0.6) is 0 Å². The van der Waals surface area contributed by atoms with Crippen LogP contribution in [-0.4, -0.2) is 16.2 Å². The van der Waals surface area contributed by atoms with Crippen LogP contribution in [0.25, 0.3) is 0 Å². The van der Waals surface area contributed by atoms with E-state index in [1.54, 1.807) is 0 Å². The molecule has 104 valence electrons. The third-order valence-electron chi connectivity index (χ3n) is 3.16. The monoisotopic (exact) mass is 269 g/mol. The molecule has 0 spiro atoms. The van der Waals surface area contributed by atoms with Gasteiger partial charge in [-0.25, -0.2) is 5.06 Å². The summed E-state index contributed by atoms with van der Waals surface area (Å²) < 4.78 is 0. The summed E-state index contributed by atoms with van der Waals surface area (Å²) in [6, 6.07) is 19.5. The molecule has 0 aliphatic rings. The first-order valence-corrected chi connectivity index (χ1v) is 6.83. The molecule has 2 aromatic rings. The van der Waals surface area contributed by atoms with Gasteiger partial charge < -0.3 is 0 Å². The quantitative estimate of drug-likeness (QED) is 0.644. The van der Waals surface area contributed by atoms with E-state index in [-0.39, 0.29) is 12.5 Å². The lowest BCUT2D eigenvalue weighted by Crippen LogP contribution is -2.26. The fourth-order valence-corrected chi connectivity index (χ4v) is 2.06. The molecule has 0 aliphatic heterocycles. The Morgan fingerprint density at radius 2 is 1.45 bits per heavy atom. The first kappa shape index (κ1) is 14.3. The van der Waals surface area contributed by atoms with Crippen molar-refractivity contribution in [3.63, 3.8) is 0 Å². The van der Waals surface area contributed by atoms with Gasteiger partial charge in [-0.3, -0.25) is 10.0 Å². The van der Waals surface area contributed by atoms with Crippen LogP contribution in [0.3, 0.4) is 0 Å². The zero-order chi connectivity index (χ0) is 14.2. The number of amides is 1. The first-order chi connectivity index (χ1) is 9.75. The molecule has 0 unspecified atom stereocenters. The summed E-state index contributed by atoms with van der Waals surface area (Å²) in [4.78, 5) is 11.8. The average Bonchev–Trinajstić information content (AvgIpc) is 2.49. The van der Waals surface area contributed by atoms with Gasteiger partial charge in [-0.1, -0.05) is 60.7 Å². The Balaban J connectivity index is 1.74. The summed E-state index contributed by atoms with van der Waals surface area (Å²) in [5, 5.41) is 10.6. The van der Waals surface area contributed by atoms with Crippen molar-refractivity contribution in [1.29, 1.82) is 0 Å². The van der Waals surface area contributed by atoms with E-state index in [1.165, 1.54) is 5.56 Å². The lowest BCUT2D eigenvalue weighted by atomic mass is 10.1. The van der Waals surface area contributed by atoms with Crippen molar-refractivity contribution in [2.45, 2.75) is 25.8 Å². The zero-order valence-corrected chi connectivity index (χ0v) is 11.4. The fourth-order valence-electron chi connectivity index (χ4n) is 2.06. The molecule has 2 aromatic carbocycles. The Morgan fingerprint density at radius 1 is 0.900 bits per heavy atom. The van der Waals surface area contributed by atoms with E-state index in [1.807, 2.05) is 60.7 Å². The highest BCUT2D eigenvalue weighted by Crippen LogP contribution is 2.08. The maximum absolute atomic E-state index is 11.8. The Hall–Kier alpha value is -2.13. The van der Waals surface area contributed by atoms with Crippen molar-refractivity contribution in [3.05, 3.63) is 71.8 Å². The van der Waals surface area contributed by atoms with E-state index in [0.29, 0.717) is 6.42 Å². The van der Waals surface area contributed by atoms with E-state index in [0.717, 1.165) is 23.5 Å². The van der Waals surface area contributed by atoms with Gasteiger partial charge in [-0.05, 0) is 24.0 Å². The van der Waals surface area contributed by atoms with Crippen molar-refractivity contribution in [1.82, 2.24) is 5.06 Å². The molecule has 0 fully saturated rings. The number of hydrogen-bond donors (Lipinski definition) is 1. The van der Waals surface area contributed by atoms with Crippen LogP contribution in [0.1, 0.15) is 24.0 Å². The molecular formula is C17H19NO2. The summed E-state index contributed by atoms with van der Waals surface area (Å²) in [5.74, 6) is -0.232. The second-order valence-electron chi connectivity index (χ2n) is 4.78. The van der Waals surface area contributed by atoms with Crippen molar-refractivity contribution < 1.29 is 10.0 Å². The maximum atomic E-state index is 11.8. The molecule has 3 nitrogen and oxygen atoms in total. The van der Waals surface area contributed by atoms with E-state index < -0.39 is 0 Å². The molecule has 20 heavy (non-hydrogen) atoms. The van der Waals surface area contributed by atoms with E-state index in [4.69, 9.17) is 0 Å². The highest BCUT2D eigenvalue weighted by Gasteiger charge is 2.10. The third kappa shape index (κ3) is 4.52. The second kappa shape index (κ2) is 7.46. The number of aryl methyl sites for hydroxylation is 1. The smallest absolute Gasteiger partial charge is 0.246 e. The molecule has 0 atom stereocenters. The van der Waals surface area contributed by atoms with Crippen LogP contribution in [0, 0.1) is 0 Å². The van der Waals surface area contributed by atoms with Crippen LogP contribution in [0.2, 0.25) is 0 Å². The third-order valence-corrected chi connectivity index (χ3v) is 3.16. The largest absolute Gasteiger partial charge is 0.286 e. The summed E-state index contributed by atoms with van der Waals surface area (Å²) in [5.41, 5.74) is 2.14. The first-order valence-electron chi connectivity index (χ1n) is 6.83. The van der Waals surface area contributed by atoms with E-state index >= 15 is 0 Å². The van der Waals surface area contributed by atoms with Gasteiger partial charge in [-0.15, -0.1) is 0 Å². The lowest BCUT2D eigenvalue weighted by molar-refractivity contribution is -0.168. The standard InChI is InChI=1S/C17H19NO2/c19-17(13-7-12-15-8-3-1-4-9-15)18(20)14-16-10-5-2-6-11-16/h1-6,8-11,20H,7,12-14H2. The molecule has 1 amide bonds. The molecule has 0 bridgehead atoms. The topological polar surface area (TPSA) is 40.5 Å². The van der Waals surface area contributed by atoms with Crippen molar-refractivity contribution in [2.24, 2.45) is 0 Å². The molecular weight excluding hydrogens is 250 g/mol. The van der Waals surface area contributed by atoms with Gasteiger partial charge in [0.15, 0.2) is 0 Å².